The van der Waals surface area contributed by atoms with Gasteiger partial charge in [-0.3, -0.25) is 4.79 Å². The lowest BCUT2D eigenvalue weighted by molar-refractivity contribution is -0.118. The Balaban J connectivity index is 2.80. The van der Waals surface area contributed by atoms with E-state index in [0.717, 1.165) is 5.69 Å². The molecule has 18 heavy (non-hydrogen) atoms. The van der Waals surface area contributed by atoms with Gasteiger partial charge in [0.15, 0.2) is 0 Å². The van der Waals surface area contributed by atoms with Gasteiger partial charge in [0.05, 0.1) is 6.07 Å². The average molecular weight is 244 g/mol. The zero-order chi connectivity index (χ0) is 13.8. The van der Waals surface area contributed by atoms with Crippen LogP contribution < -0.4 is 4.90 Å². The first-order valence-corrected chi connectivity index (χ1v) is 6.10. The van der Waals surface area contributed by atoms with E-state index in [-0.39, 0.29) is 24.2 Å². The fourth-order valence-electron chi connectivity index (χ4n) is 1.66. The lowest BCUT2D eigenvalue weighted by Crippen LogP contribution is -2.25. The molecule has 1 aromatic rings. The highest BCUT2D eigenvalue weighted by atomic mass is 16.2. The largest absolute Gasteiger partial charge is 0.315 e. The van der Waals surface area contributed by atoms with Gasteiger partial charge in [-0.1, -0.05) is 32.9 Å². The second-order valence-electron chi connectivity index (χ2n) is 5.41. The number of benzene rings is 1. The van der Waals surface area contributed by atoms with Crippen LogP contribution in [-0.4, -0.2) is 13.0 Å². The van der Waals surface area contributed by atoms with Gasteiger partial charge in [0, 0.05) is 25.6 Å². The number of rotatable bonds is 3. The second-order valence-corrected chi connectivity index (χ2v) is 5.41. The Hall–Kier alpha value is -1.82. The zero-order valence-corrected chi connectivity index (χ0v) is 11.5. The maximum atomic E-state index is 11.8. The monoisotopic (exact) mass is 244 g/mol. The van der Waals surface area contributed by atoms with E-state index in [1.807, 2.05) is 30.3 Å². The predicted molar refractivity (Wildman–Crippen MR) is 73.4 cm³/mol. The van der Waals surface area contributed by atoms with Crippen LogP contribution in [-0.2, 0) is 10.2 Å². The SMILES string of the molecule is CN(C(=O)CCC#N)c1ccc(C(C)(C)C)cc1. The Kier molecular flexibility index (Phi) is 4.49. The molecule has 0 aromatic heterocycles. The summed E-state index contributed by atoms with van der Waals surface area (Å²) in [5.41, 5.74) is 2.22. The standard InChI is InChI=1S/C15H20N2O/c1-15(2,3)12-7-9-13(10-8-12)17(4)14(18)6-5-11-16/h7-10H,5-6H2,1-4H3. The van der Waals surface area contributed by atoms with Crippen molar-refractivity contribution in [1.82, 2.24) is 0 Å². The number of nitriles is 1. The van der Waals surface area contributed by atoms with Crippen LogP contribution in [0.15, 0.2) is 24.3 Å². The van der Waals surface area contributed by atoms with Crippen molar-refractivity contribution in [3.05, 3.63) is 29.8 Å². The van der Waals surface area contributed by atoms with E-state index in [9.17, 15) is 4.79 Å². The van der Waals surface area contributed by atoms with Gasteiger partial charge in [0.2, 0.25) is 5.91 Å². The smallest absolute Gasteiger partial charge is 0.227 e. The molecular formula is C15H20N2O. The number of nitrogens with zero attached hydrogens (tertiary/aromatic N) is 2. The van der Waals surface area contributed by atoms with Crippen LogP contribution >= 0.6 is 0 Å². The van der Waals surface area contributed by atoms with Gasteiger partial charge in [0.25, 0.3) is 0 Å². The van der Waals surface area contributed by atoms with Crippen LogP contribution in [0.25, 0.3) is 0 Å². The maximum absolute atomic E-state index is 11.8. The van der Waals surface area contributed by atoms with Crippen molar-refractivity contribution in [2.45, 2.75) is 39.0 Å². The molecule has 1 amide bonds. The van der Waals surface area contributed by atoms with Crippen LogP contribution in [0.4, 0.5) is 5.69 Å². The van der Waals surface area contributed by atoms with Gasteiger partial charge < -0.3 is 4.90 Å². The zero-order valence-electron chi connectivity index (χ0n) is 11.5. The first-order chi connectivity index (χ1) is 8.36. The molecule has 1 aromatic carbocycles. The molecule has 0 N–H and O–H groups in total. The third kappa shape index (κ3) is 3.59. The molecule has 0 saturated heterocycles. The number of amides is 1. The number of hydrogen-bond donors (Lipinski definition) is 0. The van der Waals surface area contributed by atoms with Gasteiger partial charge in [0.1, 0.15) is 0 Å². The third-order valence-corrected chi connectivity index (χ3v) is 2.95. The molecule has 3 nitrogen and oxygen atoms in total. The Morgan fingerprint density at radius 1 is 1.28 bits per heavy atom. The highest BCUT2D eigenvalue weighted by Crippen LogP contribution is 2.24. The molecule has 0 spiro atoms. The summed E-state index contributed by atoms with van der Waals surface area (Å²) in [6.07, 6.45) is 0.539. The lowest BCUT2D eigenvalue weighted by atomic mass is 9.87. The van der Waals surface area contributed by atoms with Crippen molar-refractivity contribution in [3.8, 4) is 6.07 Å². The first kappa shape index (κ1) is 14.2. The molecule has 0 aliphatic rings. The molecule has 0 heterocycles. The Labute approximate surface area is 109 Å². The summed E-state index contributed by atoms with van der Waals surface area (Å²) in [7, 11) is 1.74. The predicted octanol–water partition coefficient (Wildman–Crippen LogP) is 3.25. The molecule has 0 saturated carbocycles. The number of anilines is 1. The van der Waals surface area contributed by atoms with Crippen molar-refractivity contribution in [1.29, 1.82) is 5.26 Å². The molecule has 0 fully saturated rings. The van der Waals surface area contributed by atoms with Crippen LogP contribution in [0.1, 0.15) is 39.2 Å². The van der Waals surface area contributed by atoms with Crippen molar-refractivity contribution >= 4 is 11.6 Å². The molecule has 0 bridgehead atoms. The lowest BCUT2D eigenvalue weighted by Gasteiger charge is -2.21. The average Bonchev–Trinajstić information content (AvgIpc) is 2.34. The van der Waals surface area contributed by atoms with E-state index >= 15 is 0 Å². The number of carbonyl (C=O) groups is 1. The summed E-state index contributed by atoms with van der Waals surface area (Å²) < 4.78 is 0. The normalized spacial score (nSPS) is 10.8. The Morgan fingerprint density at radius 2 is 1.83 bits per heavy atom. The van der Waals surface area contributed by atoms with E-state index in [0.29, 0.717) is 0 Å². The number of hydrogen-bond acceptors (Lipinski definition) is 2. The Bertz CT molecular complexity index is 449. The summed E-state index contributed by atoms with van der Waals surface area (Å²) in [6.45, 7) is 6.47. The molecule has 0 radical (unpaired) electrons. The van der Waals surface area contributed by atoms with Crippen molar-refractivity contribution in [2.75, 3.05) is 11.9 Å². The van der Waals surface area contributed by atoms with E-state index in [1.165, 1.54) is 5.56 Å². The second kappa shape index (κ2) is 5.68. The van der Waals surface area contributed by atoms with Crippen molar-refractivity contribution in [3.63, 3.8) is 0 Å². The molecule has 0 atom stereocenters. The van der Waals surface area contributed by atoms with Gasteiger partial charge in [-0.05, 0) is 23.1 Å². The quantitative estimate of drug-likeness (QED) is 0.819. The van der Waals surface area contributed by atoms with E-state index in [2.05, 4.69) is 20.8 Å². The van der Waals surface area contributed by atoms with Crippen LogP contribution in [0.2, 0.25) is 0 Å². The molecule has 0 aliphatic heterocycles. The van der Waals surface area contributed by atoms with E-state index in [4.69, 9.17) is 5.26 Å². The van der Waals surface area contributed by atoms with Gasteiger partial charge >= 0.3 is 0 Å². The summed E-state index contributed by atoms with van der Waals surface area (Å²) in [5, 5.41) is 8.47. The highest BCUT2D eigenvalue weighted by molar-refractivity contribution is 5.92. The summed E-state index contributed by atoms with van der Waals surface area (Å²) in [5.74, 6) is -0.0277. The minimum Gasteiger partial charge on any atom is -0.315 e. The topological polar surface area (TPSA) is 44.1 Å². The minimum atomic E-state index is -0.0277. The fourth-order valence-corrected chi connectivity index (χ4v) is 1.66. The van der Waals surface area contributed by atoms with E-state index in [1.54, 1.807) is 11.9 Å². The van der Waals surface area contributed by atoms with Gasteiger partial charge in [-0.2, -0.15) is 5.26 Å². The summed E-state index contributed by atoms with van der Waals surface area (Å²) in [6, 6.07) is 9.98. The van der Waals surface area contributed by atoms with Crippen LogP contribution in [0.5, 0.6) is 0 Å². The van der Waals surface area contributed by atoms with Crippen LogP contribution in [0, 0.1) is 11.3 Å². The summed E-state index contributed by atoms with van der Waals surface area (Å²) >= 11 is 0. The minimum absolute atomic E-state index is 0.0277. The molecule has 1 rings (SSSR count). The Morgan fingerprint density at radius 3 is 2.28 bits per heavy atom. The molecule has 0 aliphatic carbocycles. The van der Waals surface area contributed by atoms with Gasteiger partial charge in [-0.25, -0.2) is 0 Å². The molecule has 0 unspecified atom stereocenters. The van der Waals surface area contributed by atoms with E-state index < -0.39 is 0 Å². The maximum Gasteiger partial charge on any atom is 0.227 e. The highest BCUT2D eigenvalue weighted by Gasteiger charge is 2.15. The fraction of sp³-hybridized carbons (Fsp3) is 0.467. The summed E-state index contributed by atoms with van der Waals surface area (Å²) in [4.78, 5) is 13.4. The van der Waals surface area contributed by atoms with Crippen LogP contribution in [0.3, 0.4) is 0 Å². The molecule has 3 heteroatoms. The van der Waals surface area contributed by atoms with Crippen molar-refractivity contribution < 1.29 is 4.79 Å². The van der Waals surface area contributed by atoms with Crippen molar-refractivity contribution in [2.24, 2.45) is 0 Å². The third-order valence-electron chi connectivity index (χ3n) is 2.95. The molecular weight excluding hydrogens is 224 g/mol. The first-order valence-electron chi connectivity index (χ1n) is 6.10. The molecule has 96 valence electrons. The van der Waals surface area contributed by atoms with Gasteiger partial charge in [-0.15, -0.1) is 0 Å². The number of carbonyl (C=O) groups excluding carboxylic acids is 1.